The van der Waals surface area contributed by atoms with Crippen LogP contribution in [0.15, 0.2) is 29.4 Å². The summed E-state index contributed by atoms with van der Waals surface area (Å²) >= 11 is 0. The molecule has 1 atom stereocenters. The van der Waals surface area contributed by atoms with Gasteiger partial charge in [-0.3, -0.25) is 4.68 Å². The number of benzene rings is 1. The van der Waals surface area contributed by atoms with Gasteiger partial charge in [-0.25, -0.2) is 22.6 Å². The van der Waals surface area contributed by atoms with Crippen molar-refractivity contribution in [2.24, 2.45) is 17.8 Å². The zero-order valence-corrected chi connectivity index (χ0v) is 14.2. The van der Waals surface area contributed by atoms with Crippen LogP contribution in [0.4, 0.5) is 45.2 Å². The number of nitrogens with two attached hydrogens (primary N) is 1. The molecule has 0 fully saturated rings. The van der Waals surface area contributed by atoms with E-state index in [0.717, 1.165) is 10.9 Å². The van der Waals surface area contributed by atoms with E-state index in [1.54, 1.807) is 0 Å². The van der Waals surface area contributed by atoms with Gasteiger partial charge in [0, 0.05) is 19.3 Å². The zero-order valence-electron chi connectivity index (χ0n) is 14.2. The normalized spacial score (nSPS) is 14.4. The number of nitrogens with zero attached hydrogens (tertiary/aromatic N) is 3. The number of aliphatic imine (C=N–C) groups is 1. The van der Waals surface area contributed by atoms with Gasteiger partial charge in [0.15, 0.2) is 5.75 Å². The van der Waals surface area contributed by atoms with Crippen LogP contribution in [0.25, 0.3) is 0 Å². The Labute approximate surface area is 156 Å². The Morgan fingerprint density at radius 3 is 2.34 bits per heavy atom. The van der Waals surface area contributed by atoms with Crippen LogP contribution >= 0.6 is 0 Å². The molecule has 1 heterocycles. The summed E-state index contributed by atoms with van der Waals surface area (Å²) in [5, 5.41) is 3.44. The smallest absolute Gasteiger partial charge is 0.428 e. The van der Waals surface area contributed by atoms with Gasteiger partial charge in [-0.2, -0.15) is 27.1 Å². The summed E-state index contributed by atoms with van der Waals surface area (Å²) in [6.07, 6.45) is -18.2. The highest BCUT2D eigenvalue weighted by Gasteiger charge is 2.59. The average Bonchev–Trinajstić information content (AvgIpc) is 2.97. The van der Waals surface area contributed by atoms with Crippen molar-refractivity contribution in [1.29, 1.82) is 0 Å². The number of amidine groups is 1. The Bertz CT molecular complexity index is 908. The van der Waals surface area contributed by atoms with Crippen LogP contribution in [0.5, 0.6) is 5.75 Å². The number of aryl methyl sites for hydroxylation is 1. The lowest BCUT2D eigenvalue weighted by Gasteiger charge is -2.23. The first kappa shape index (κ1) is 22.4. The van der Waals surface area contributed by atoms with Gasteiger partial charge in [0.05, 0.1) is 5.56 Å². The third-order valence-electron chi connectivity index (χ3n) is 3.33. The topological polar surface area (TPSA) is 65.4 Å². The number of halogens is 9. The molecule has 0 radical (unpaired) electrons. The standard InChI is InChI=1S/C15H11F9N4O/c1-28-5-7(10(27-28)11(17)18)12(25)26-8-3-2-6(16)4-9(8)29-15(23,24)13(19)14(20,21)22/h2-5,11,13H,1H3,(H2,25,26). The first-order valence-corrected chi connectivity index (χ1v) is 7.45. The summed E-state index contributed by atoms with van der Waals surface area (Å²) in [6, 6.07) is 1.54. The lowest BCUT2D eigenvalue weighted by Crippen LogP contribution is -2.45. The lowest BCUT2D eigenvalue weighted by atomic mass is 10.2. The van der Waals surface area contributed by atoms with Crippen molar-refractivity contribution in [2.45, 2.75) is 24.9 Å². The van der Waals surface area contributed by atoms with Crippen LogP contribution in [-0.2, 0) is 7.05 Å². The summed E-state index contributed by atoms with van der Waals surface area (Å²) in [7, 11) is 1.27. The van der Waals surface area contributed by atoms with Crippen molar-refractivity contribution in [2.75, 3.05) is 0 Å². The second kappa shape index (κ2) is 7.83. The summed E-state index contributed by atoms with van der Waals surface area (Å²) in [6.45, 7) is 0. The van der Waals surface area contributed by atoms with E-state index in [0.29, 0.717) is 12.1 Å². The molecule has 1 aromatic heterocycles. The molecule has 0 aliphatic rings. The molecule has 0 saturated heterocycles. The minimum Gasteiger partial charge on any atom is -0.428 e. The van der Waals surface area contributed by atoms with Crippen LogP contribution in [0.2, 0.25) is 0 Å². The molecule has 2 aromatic rings. The quantitative estimate of drug-likeness (QED) is 0.416. The monoisotopic (exact) mass is 434 g/mol. The molecule has 0 amide bonds. The Morgan fingerprint density at radius 1 is 1.17 bits per heavy atom. The first-order valence-electron chi connectivity index (χ1n) is 7.45. The highest BCUT2D eigenvalue weighted by Crippen LogP contribution is 2.39. The summed E-state index contributed by atoms with van der Waals surface area (Å²) in [4.78, 5) is 3.51. The molecule has 0 saturated carbocycles. The Morgan fingerprint density at radius 2 is 1.79 bits per heavy atom. The van der Waals surface area contributed by atoms with Crippen LogP contribution in [0.3, 0.4) is 0 Å². The molecule has 14 heteroatoms. The minimum absolute atomic E-state index is 0.209. The van der Waals surface area contributed by atoms with E-state index in [-0.39, 0.29) is 6.07 Å². The maximum absolute atomic E-state index is 13.5. The van der Waals surface area contributed by atoms with E-state index in [2.05, 4.69) is 14.8 Å². The molecule has 0 aliphatic carbocycles. The van der Waals surface area contributed by atoms with Crippen molar-refractivity contribution in [3.63, 3.8) is 0 Å². The molecule has 160 valence electrons. The van der Waals surface area contributed by atoms with Gasteiger partial charge in [-0.15, -0.1) is 0 Å². The van der Waals surface area contributed by atoms with Gasteiger partial charge in [0.25, 0.3) is 12.6 Å². The maximum Gasteiger partial charge on any atom is 0.439 e. The maximum atomic E-state index is 13.5. The van der Waals surface area contributed by atoms with Gasteiger partial charge in [0.1, 0.15) is 23.0 Å². The Kier molecular flexibility index (Phi) is 6.04. The van der Waals surface area contributed by atoms with Gasteiger partial charge >= 0.3 is 12.3 Å². The number of alkyl halides is 8. The van der Waals surface area contributed by atoms with E-state index in [4.69, 9.17) is 5.73 Å². The average molecular weight is 434 g/mol. The summed E-state index contributed by atoms with van der Waals surface area (Å²) < 4.78 is 121. The third kappa shape index (κ3) is 5.12. The fourth-order valence-corrected chi connectivity index (χ4v) is 2.11. The SMILES string of the molecule is Cn1cc(C(N)=Nc2ccc(F)cc2OC(F)(F)C(F)C(F)(F)F)c(C(F)F)n1. The largest absolute Gasteiger partial charge is 0.439 e. The number of hydrogen-bond acceptors (Lipinski definition) is 3. The fourth-order valence-electron chi connectivity index (χ4n) is 2.11. The highest BCUT2D eigenvalue weighted by atomic mass is 19.4. The van der Waals surface area contributed by atoms with E-state index >= 15 is 0 Å². The lowest BCUT2D eigenvalue weighted by molar-refractivity contribution is -0.304. The zero-order chi connectivity index (χ0) is 22.1. The van der Waals surface area contributed by atoms with Crippen molar-refractivity contribution in [1.82, 2.24) is 9.78 Å². The van der Waals surface area contributed by atoms with E-state index < -0.39 is 59.2 Å². The second-order valence-corrected chi connectivity index (χ2v) is 5.58. The highest BCUT2D eigenvalue weighted by molar-refractivity contribution is 6.00. The predicted octanol–water partition coefficient (Wildman–Crippen LogP) is 4.41. The van der Waals surface area contributed by atoms with Crippen LogP contribution in [-0.4, -0.2) is 34.1 Å². The number of ether oxygens (including phenoxy) is 1. The van der Waals surface area contributed by atoms with Crippen molar-refractivity contribution in [3.8, 4) is 5.75 Å². The molecule has 5 nitrogen and oxygen atoms in total. The van der Waals surface area contributed by atoms with Crippen molar-refractivity contribution >= 4 is 11.5 Å². The Balaban J connectivity index is 2.47. The third-order valence-corrected chi connectivity index (χ3v) is 3.33. The molecule has 2 rings (SSSR count). The van der Waals surface area contributed by atoms with Crippen LogP contribution in [0.1, 0.15) is 17.7 Å². The van der Waals surface area contributed by atoms with Gasteiger partial charge < -0.3 is 10.5 Å². The van der Waals surface area contributed by atoms with Crippen molar-refractivity contribution in [3.05, 3.63) is 41.5 Å². The van der Waals surface area contributed by atoms with Crippen molar-refractivity contribution < 1.29 is 44.3 Å². The summed E-state index contributed by atoms with van der Waals surface area (Å²) in [5.41, 5.74) is 3.56. The van der Waals surface area contributed by atoms with Gasteiger partial charge in [-0.05, 0) is 12.1 Å². The number of aromatic nitrogens is 2. The first-order chi connectivity index (χ1) is 13.2. The molecule has 1 aromatic carbocycles. The molecule has 1 unspecified atom stereocenters. The summed E-state index contributed by atoms with van der Waals surface area (Å²) in [5.74, 6) is -3.24. The predicted molar refractivity (Wildman–Crippen MR) is 81.5 cm³/mol. The van der Waals surface area contributed by atoms with Crippen LogP contribution in [0, 0.1) is 5.82 Å². The van der Waals surface area contributed by atoms with E-state index in [1.165, 1.54) is 7.05 Å². The van der Waals surface area contributed by atoms with E-state index in [1.807, 2.05) is 0 Å². The van der Waals surface area contributed by atoms with Crippen LogP contribution < -0.4 is 10.5 Å². The van der Waals surface area contributed by atoms with Gasteiger partial charge in [0.2, 0.25) is 0 Å². The van der Waals surface area contributed by atoms with Gasteiger partial charge in [-0.1, -0.05) is 0 Å². The van der Waals surface area contributed by atoms with E-state index in [9.17, 15) is 39.5 Å². The second-order valence-electron chi connectivity index (χ2n) is 5.58. The Hall–Kier alpha value is -2.93. The molecule has 0 aliphatic heterocycles. The minimum atomic E-state index is -5.97. The molecular formula is C15H11F9N4O. The molecule has 2 N–H and O–H groups in total. The number of rotatable bonds is 6. The molecule has 0 spiro atoms. The molecular weight excluding hydrogens is 423 g/mol. The molecule has 29 heavy (non-hydrogen) atoms. The number of hydrogen-bond donors (Lipinski definition) is 1. The fraction of sp³-hybridized carbons (Fsp3) is 0.333. The molecule has 0 bridgehead atoms.